The van der Waals surface area contributed by atoms with Gasteiger partial charge in [-0.2, -0.15) is 0 Å². The van der Waals surface area contributed by atoms with Gasteiger partial charge in [-0.1, -0.05) is 41.4 Å². The molecule has 0 aliphatic heterocycles. The summed E-state index contributed by atoms with van der Waals surface area (Å²) in [5.74, 6) is 0. The Morgan fingerprint density at radius 1 is 1.62 bits per heavy atom. The summed E-state index contributed by atoms with van der Waals surface area (Å²) in [6, 6.07) is 0. The van der Waals surface area contributed by atoms with Crippen molar-refractivity contribution in [2.45, 2.75) is 25.6 Å². The van der Waals surface area contributed by atoms with Crippen LogP contribution in [0.2, 0.25) is 0 Å². The van der Waals surface area contributed by atoms with Crippen molar-refractivity contribution in [3.63, 3.8) is 0 Å². The number of halogens is 1. The van der Waals surface area contributed by atoms with Gasteiger partial charge in [0, 0.05) is 10.2 Å². The maximum absolute atomic E-state index is 3.56. The van der Waals surface area contributed by atoms with Gasteiger partial charge in [-0.15, -0.1) is 0 Å². The van der Waals surface area contributed by atoms with Gasteiger partial charge in [-0.3, -0.25) is 0 Å². The van der Waals surface area contributed by atoms with Crippen LogP contribution in [0.1, 0.15) is 20.8 Å². The number of hydrogen-bond donors (Lipinski definition) is 0. The van der Waals surface area contributed by atoms with Crippen molar-refractivity contribution >= 4 is 15.9 Å². The van der Waals surface area contributed by atoms with Gasteiger partial charge in [-0.05, 0) is 6.92 Å². The average molecular weight is 175 g/mol. The van der Waals surface area contributed by atoms with Gasteiger partial charge in [0.2, 0.25) is 0 Å². The van der Waals surface area contributed by atoms with Crippen molar-refractivity contribution < 1.29 is 0 Å². The Hall–Kier alpha value is 0.220. The molecule has 1 saturated carbocycles. The third-order valence-electron chi connectivity index (χ3n) is 1.88. The molecule has 0 nitrogen and oxygen atoms in total. The molecular weight excluding hydrogens is 164 g/mol. The molecule has 1 fully saturated rings. The van der Waals surface area contributed by atoms with Crippen molar-refractivity contribution in [2.75, 3.05) is 0 Å². The first-order chi connectivity index (χ1) is 3.60. The van der Waals surface area contributed by atoms with Crippen LogP contribution >= 0.6 is 15.9 Å². The van der Waals surface area contributed by atoms with Gasteiger partial charge < -0.3 is 0 Å². The van der Waals surface area contributed by atoms with Crippen molar-refractivity contribution in [2.24, 2.45) is 5.41 Å². The summed E-state index contributed by atoms with van der Waals surface area (Å²) in [5.41, 5.74) is 1.99. The molecule has 0 radical (unpaired) electrons. The van der Waals surface area contributed by atoms with Crippen LogP contribution < -0.4 is 0 Å². The molecule has 1 aliphatic rings. The first-order valence-corrected chi connectivity index (χ1v) is 3.83. The zero-order valence-corrected chi connectivity index (χ0v) is 7.12. The van der Waals surface area contributed by atoms with Crippen LogP contribution in [0.5, 0.6) is 0 Å². The highest BCUT2D eigenvalue weighted by molar-refractivity contribution is 9.10. The molecule has 0 saturated heterocycles. The van der Waals surface area contributed by atoms with Crippen LogP contribution in [0.3, 0.4) is 0 Å². The molecule has 1 aliphatic carbocycles. The molecule has 0 amide bonds. The highest BCUT2D eigenvalue weighted by Gasteiger charge is 2.49. The van der Waals surface area contributed by atoms with E-state index in [1.165, 1.54) is 5.57 Å². The van der Waals surface area contributed by atoms with E-state index in [1.54, 1.807) is 0 Å². The normalized spacial score (nSPS) is 38.0. The standard InChI is InChI=1S/C7H11Br/c1-4-5-6(8)7(5,2)3/h4,6H,1-3H3/b5-4-. The summed E-state index contributed by atoms with van der Waals surface area (Å²) in [6.45, 7) is 6.60. The highest BCUT2D eigenvalue weighted by Crippen LogP contribution is 2.56. The molecular formula is C7H11Br. The smallest absolute Gasteiger partial charge is 0.0449 e. The number of rotatable bonds is 0. The monoisotopic (exact) mass is 174 g/mol. The SMILES string of the molecule is C/C=C1/C(Br)C1(C)C. The summed E-state index contributed by atoms with van der Waals surface area (Å²) in [5, 5.41) is 0. The molecule has 46 valence electrons. The van der Waals surface area contributed by atoms with E-state index in [0.29, 0.717) is 10.2 Å². The first-order valence-electron chi connectivity index (χ1n) is 2.91. The minimum atomic E-state index is 0.453. The molecule has 1 unspecified atom stereocenters. The molecule has 0 aromatic heterocycles. The minimum absolute atomic E-state index is 0.453. The second kappa shape index (κ2) is 1.60. The molecule has 1 rings (SSSR count). The summed E-state index contributed by atoms with van der Waals surface area (Å²) in [4.78, 5) is 0.653. The molecule has 1 atom stereocenters. The molecule has 1 heteroatoms. The predicted octanol–water partition coefficient (Wildman–Crippen LogP) is 2.74. The molecule has 0 N–H and O–H groups in total. The van der Waals surface area contributed by atoms with Crippen LogP contribution in [-0.2, 0) is 0 Å². The fourth-order valence-electron chi connectivity index (χ4n) is 1.04. The Kier molecular flexibility index (Phi) is 1.27. The predicted molar refractivity (Wildman–Crippen MR) is 40.3 cm³/mol. The van der Waals surface area contributed by atoms with Gasteiger partial charge in [-0.25, -0.2) is 0 Å². The molecule has 0 spiro atoms. The van der Waals surface area contributed by atoms with E-state index < -0.39 is 0 Å². The second-order valence-electron chi connectivity index (χ2n) is 2.83. The van der Waals surface area contributed by atoms with E-state index in [4.69, 9.17) is 0 Å². The Morgan fingerprint density at radius 3 is 2.00 bits per heavy atom. The van der Waals surface area contributed by atoms with E-state index in [-0.39, 0.29) is 0 Å². The van der Waals surface area contributed by atoms with E-state index >= 15 is 0 Å². The third kappa shape index (κ3) is 0.644. The second-order valence-corrected chi connectivity index (χ2v) is 3.74. The van der Waals surface area contributed by atoms with E-state index in [9.17, 15) is 0 Å². The number of alkyl halides is 1. The fraction of sp³-hybridized carbons (Fsp3) is 0.714. The minimum Gasteiger partial charge on any atom is -0.0867 e. The molecule has 8 heavy (non-hydrogen) atoms. The summed E-state index contributed by atoms with van der Waals surface area (Å²) >= 11 is 3.56. The average Bonchev–Trinajstić information content (AvgIpc) is 2.09. The van der Waals surface area contributed by atoms with E-state index in [1.807, 2.05) is 0 Å². The molecule has 0 bridgehead atoms. The Bertz CT molecular complexity index is 133. The number of allylic oxidation sites excluding steroid dienone is 2. The van der Waals surface area contributed by atoms with Crippen LogP contribution in [0.15, 0.2) is 11.6 Å². The largest absolute Gasteiger partial charge is 0.0867 e. The molecule has 0 aromatic carbocycles. The van der Waals surface area contributed by atoms with E-state index in [2.05, 4.69) is 42.8 Å². The van der Waals surface area contributed by atoms with Crippen molar-refractivity contribution in [1.82, 2.24) is 0 Å². The molecule has 0 aromatic rings. The molecule has 0 heterocycles. The van der Waals surface area contributed by atoms with Gasteiger partial charge in [0.05, 0.1) is 0 Å². The summed E-state index contributed by atoms with van der Waals surface area (Å²) in [7, 11) is 0. The third-order valence-corrected chi connectivity index (χ3v) is 3.52. The highest BCUT2D eigenvalue weighted by atomic mass is 79.9. The van der Waals surface area contributed by atoms with Crippen LogP contribution in [0.25, 0.3) is 0 Å². The van der Waals surface area contributed by atoms with Gasteiger partial charge >= 0.3 is 0 Å². The van der Waals surface area contributed by atoms with Crippen LogP contribution in [-0.4, -0.2) is 4.83 Å². The Labute approximate surface area is 59.1 Å². The lowest BCUT2D eigenvalue weighted by molar-refractivity contribution is 0.696. The van der Waals surface area contributed by atoms with Crippen molar-refractivity contribution in [3.8, 4) is 0 Å². The lowest BCUT2D eigenvalue weighted by Crippen LogP contribution is -1.84. The fourth-order valence-corrected chi connectivity index (χ4v) is 2.03. The maximum atomic E-state index is 3.56. The summed E-state index contributed by atoms with van der Waals surface area (Å²) in [6.07, 6.45) is 2.19. The van der Waals surface area contributed by atoms with Crippen molar-refractivity contribution in [3.05, 3.63) is 11.6 Å². The van der Waals surface area contributed by atoms with Gasteiger partial charge in [0.15, 0.2) is 0 Å². The van der Waals surface area contributed by atoms with Gasteiger partial charge in [0.1, 0.15) is 0 Å². The van der Waals surface area contributed by atoms with Crippen LogP contribution in [0, 0.1) is 5.41 Å². The van der Waals surface area contributed by atoms with E-state index in [0.717, 1.165) is 0 Å². The first kappa shape index (κ1) is 6.34. The number of hydrogen-bond acceptors (Lipinski definition) is 0. The zero-order chi connectivity index (χ0) is 6.36. The van der Waals surface area contributed by atoms with Crippen molar-refractivity contribution in [1.29, 1.82) is 0 Å². The Morgan fingerprint density at radius 2 is 2.00 bits per heavy atom. The maximum Gasteiger partial charge on any atom is 0.0449 e. The lowest BCUT2D eigenvalue weighted by Gasteiger charge is -1.90. The van der Waals surface area contributed by atoms with Gasteiger partial charge in [0.25, 0.3) is 0 Å². The zero-order valence-electron chi connectivity index (χ0n) is 5.53. The quantitative estimate of drug-likeness (QED) is 0.392. The Balaban J connectivity index is 2.73. The summed E-state index contributed by atoms with van der Waals surface area (Å²) < 4.78 is 0. The van der Waals surface area contributed by atoms with Crippen LogP contribution in [0.4, 0.5) is 0 Å². The lowest BCUT2D eigenvalue weighted by atomic mass is 10.2. The topological polar surface area (TPSA) is 0 Å².